The van der Waals surface area contributed by atoms with E-state index in [1.807, 2.05) is 0 Å². The summed E-state index contributed by atoms with van der Waals surface area (Å²) in [6.45, 7) is 5.78. The molecule has 0 bridgehead atoms. The summed E-state index contributed by atoms with van der Waals surface area (Å²) in [5, 5.41) is 9.46. The Morgan fingerprint density at radius 1 is 1.30 bits per heavy atom. The van der Waals surface area contributed by atoms with Crippen LogP contribution in [0.4, 0.5) is 4.79 Å². The molecule has 114 valence electrons. The molecule has 1 N–H and O–H groups in total. The molecule has 1 saturated carbocycles. The van der Waals surface area contributed by atoms with E-state index >= 15 is 0 Å². The van der Waals surface area contributed by atoms with E-state index in [9.17, 15) is 14.7 Å². The van der Waals surface area contributed by atoms with E-state index in [1.165, 1.54) is 4.90 Å². The highest BCUT2D eigenvalue weighted by molar-refractivity contribution is 5.80. The first-order chi connectivity index (χ1) is 9.22. The maximum absolute atomic E-state index is 12.0. The summed E-state index contributed by atoms with van der Waals surface area (Å²) in [4.78, 5) is 25.0. The number of nitrogens with zero attached hydrogens (tertiary/aromatic N) is 1. The number of carbonyl (C=O) groups excluding carboxylic acids is 1. The minimum absolute atomic E-state index is 0.0182. The van der Waals surface area contributed by atoms with Crippen LogP contribution in [-0.4, -0.2) is 52.5 Å². The van der Waals surface area contributed by atoms with Gasteiger partial charge < -0.3 is 19.5 Å². The van der Waals surface area contributed by atoms with Crippen molar-refractivity contribution in [3.05, 3.63) is 0 Å². The number of hydrogen-bond donors (Lipinski definition) is 1. The smallest absolute Gasteiger partial charge is 0.410 e. The van der Waals surface area contributed by atoms with Gasteiger partial charge in [0, 0.05) is 13.0 Å². The molecule has 2 fully saturated rings. The molecule has 1 aliphatic carbocycles. The molecule has 6 nitrogen and oxygen atoms in total. The first kappa shape index (κ1) is 15.1. The van der Waals surface area contributed by atoms with Crippen molar-refractivity contribution in [3.63, 3.8) is 0 Å². The summed E-state index contributed by atoms with van der Waals surface area (Å²) in [7, 11) is 0. The summed E-state index contributed by atoms with van der Waals surface area (Å²) in [5.41, 5.74) is -1.84. The molecule has 2 aliphatic rings. The number of aliphatic carboxylic acids is 1. The molecule has 0 spiro atoms. The minimum Gasteiger partial charge on any atom is -0.479 e. The number of ether oxygens (including phenoxy) is 2. The third kappa shape index (κ3) is 3.23. The highest BCUT2D eigenvalue weighted by Gasteiger charge is 2.50. The Kier molecular flexibility index (Phi) is 3.95. The highest BCUT2D eigenvalue weighted by Crippen LogP contribution is 2.33. The van der Waals surface area contributed by atoms with Crippen molar-refractivity contribution >= 4 is 12.1 Å². The van der Waals surface area contributed by atoms with Crippen LogP contribution in [0.5, 0.6) is 0 Å². The Labute approximate surface area is 119 Å². The Morgan fingerprint density at radius 2 is 1.95 bits per heavy atom. The number of hydrogen-bond acceptors (Lipinski definition) is 4. The fourth-order valence-corrected chi connectivity index (χ4v) is 2.39. The third-order valence-corrected chi connectivity index (χ3v) is 3.72. The van der Waals surface area contributed by atoms with E-state index < -0.39 is 23.3 Å². The van der Waals surface area contributed by atoms with E-state index in [0.29, 0.717) is 13.0 Å². The number of carboxylic acid groups (broad SMARTS) is 1. The van der Waals surface area contributed by atoms with Gasteiger partial charge in [-0.2, -0.15) is 0 Å². The topological polar surface area (TPSA) is 76.1 Å². The van der Waals surface area contributed by atoms with E-state index in [4.69, 9.17) is 9.47 Å². The van der Waals surface area contributed by atoms with Gasteiger partial charge in [0.05, 0.1) is 12.6 Å². The molecule has 1 heterocycles. The van der Waals surface area contributed by atoms with E-state index in [0.717, 1.165) is 19.3 Å². The molecule has 0 aromatic rings. The van der Waals surface area contributed by atoms with E-state index in [2.05, 4.69) is 0 Å². The molecule has 2 rings (SSSR count). The Balaban J connectivity index is 1.99. The van der Waals surface area contributed by atoms with Crippen molar-refractivity contribution in [3.8, 4) is 0 Å². The summed E-state index contributed by atoms with van der Waals surface area (Å²) in [5.74, 6) is -0.990. The van der Waals surface area contributed by atoms with Crippen molar-refractivity contribution in [1.29, 1.82) is 0 Å². The summed E-state index contributed by atoms with van der Waals surface area (Å²) < 4.78 is 11.0. The normalized spacial score (nSPS) is 27.2. The van der Waals surface area contributed by atoms with Crippen LogP contribution in [0.2, 0.25) is 0 Å². The molecule has 0 radical (unpaired) electrons. The van der Waals surface area contributed by atoms with Crippen molar-refractivity contribution in [2.24, 2.45) is 0 Å². The van der Waals surface area contributed by atoms with Crippen LogP contribution in [0.1, 0.15) is 46.5 Å². The van der Waals surface area contributed by atoms with Crippen LogP contribution in [0.3, 0.4) is 0 Å². The summed E-state index contributed by atoms with van der Waals surface area (Å²) >= 11 is 0. The average Bonchev–Trinajstić information content (AvgIpc) is 2.67. The molecule has 6 heteroatoms. The lowest BCUT2D eigenvalue weighted by molar-refractivity contribution is -0.177. The van der Waals surface area contributed by atoms with Gasteiger partial charge in [0.1, 0.15) is 5.60 Å². The predicted octanol–water partition coefficient (Wildman–Crippen LogP) is 2.02. The molecule has 20 heavy (non-hydrogen) atoms. The number of amides is 1. The predicted molar refractivity (Wildman–Crippen MR) is 71.5 cm³/mol. The zero-order valence-corrected chi connectivity index (χ0v) is 12.3. The molecule has 1 saturated heterocycles. The fraction of sp³-hybridized carbons (Fsp3) is 0.857. The molecule has 1 aliphatic heterocycles. The average molecular weight is 285 g/mol. The van der Waals surface area contributed by atoms with Gasteiger partial charge in [-0.3, -0.25) is 0 Å². The fourth-order valence-electron chi connectivity index (χ4n) is 2.39. The van der Waals surface area contributed by atoms with Crippen molar-refractivity contribution in [2.75, 3.05) is 13.1 Å². The van der Waals surface area contributed by atoms with Gasteiger partial charge in [-0.25, -0.2) is 9.59 Å². The number of carboxylic acids is 1. The van der Waals surface area contributed by atoms with Crippen LogP contribution >= 0.6 is 0 Å². The van der Waals surface area contributed by atoms with Gasteiger partial charge in [0.15, 0.2) is 5.60 Å². The third-order valence-electron chi connectivity index (χ3n) is 3.72. The van der Waals surface area contributed by atoms with Gasteiger partial charge in [0.25, 0.3) is 0 Å². The summed E-state index contributed by atoms with van der Waals surface area (Å²) in [6.07, 6.45) is 2.75. The lowest BCUT2D eigenvalue weighted by atomic mass is 9.94. The first-order valence-electron chi connectivity index (χ1n) is 7.11. The molecule has 0 aromatic heterocycles. The van der Waals surface area contributed by atoms with Gasteiger partial charge >= 0.3 is 12.1 Å². The van der Waals surface area contributed by atoms with Crippen LogP contribution in [0, 0.1) is 0 Å². The van der Waals surface area contributed by atoms with E-state index in [-0.39, 0.29) is 12.6 Å². The highest BCUT2D eigenvalue weighted by atomic mass is 16.6. The minimum atomic E-state index is -1.26. The second kappa shape index (κ2) is 5.24. The zero-order valence-electron chi connectivity index (χ0n) is 12.3. The molecule has 1 amide bonds. The largest absolute Gasteiger partial charge is 0.479 e. The zero-order chi connectivity index (χ0) is 15.0. The van der Waals surface area contributed by atoms with Crippen molar-refractivity contribution in [1.82, 2.24) is 4.90 Å². The van der Waals surface area contributed by atoms with Crippen LogP contribution in [0.25, 0.3) is 0 Å². The van der Waals surface area contributed by atoms with E-state index in [1.54, 1.807) is 20.8 Å². The van der Waals surface area contributed by atoms with Gasteiger partial charge in [0.2, 0.25) is 0 Å². The molecular formula is C14H23NO5. The molecule has 1 unspecified atom stereocenters. The molecule has 0 aromatic carbocycles. The molecule has 1 atom stereocenters. The maximum Gasteiger partial charge on any atom is 0.410 e. The number of rotatable bonds is 3. The number of likely N-dealkylation sites (tertiary alicyclic amines) is 1. The number of carbonyl (C=O) groups is 2. The first-order valence-corrected chi connectivity index (χ1v) is 7.11. The second-order valence-electron chi connectivity index (χ2n) is 6.62. The van der Waals surface area contributed by atoms with Crippen LogP contribution < -0.4 is 0 Å². The Morgan fingerprint density at radius 3 is 2.40 bits per heavy atom. The van der Waals surface area contributed by atoms with Crippen molar-refractivity contribution in [2.45, 2.75) is 63.8 Å². The van der Waals surface area contributed by atoms with Gasteiger partial charge in [-0.1, -0.05) is 0 Å². The maximum atomic E-state index is 12.0. The quantitative estimate of drug-likeness (QED) is 0.858. The Hall–Kier alpha value is -1.30. The second-order valence-corrected chi connectivity index (χ2v) is 6.62. The van der Waals surface area contributed by atoms with Crippen molar-refractivity contribution < 1.29 is 24.2 Å². The lowest BCUT2D eigenvalue weighted by Crippen LogP contribution is -2.49. The molecular weight excluding hydrogens is 262 g/mol. The van der Waals surface area contributed by atoms with Crippen LogP contribution in [-0.2, 0) is 14.3 Å². The Bertz CT molecular complexity index is 399. The van der Waals surface area contributed by atoms with Gasteiger partial charge in [-0.15, -0.1) is 0 Å². The SMILES string of the molecule is CC(C)(C)OC(=O)N1CCC(OC2CCC2)(C(=O)O)C1. The van der Waals surface area contributed by atoms with Crippen LogP contribution in [0.15, 0.2) is 0 Å². The summed E-state index contributed by atoms with van der Waals surface area (Å²) in [6, 6.07) is 0. The van der Waals surface area contributed by atoms with Gasteiger partial charge in [-0.05, 0) is 40.0 Å². The lowest BCUT2D eigenvalue weighted by Gasteiger charge is -2.34. The monoisotopic (exact) mass is 285 g/mol. The standard InChI is InChI=1S/C14H23NO5/c1-13(2,3)20-12(18)15-8-7-14(9-15,11(16)17)19-10-5-4-6-10/h10H,4-9H2,1-3H3,(H,16,17).